The summed E-state index contributed by atoms with van der Waals surface area (Å²) in [6, 6.07) is 15.0. The number of carbonyl (C=O) groups excluding carboxylic acids is 3. The molecule has 1 N–H and O–H groups in total. The summed E-state index contributed by atoms with van der Waals surface area (Å²) in [7, 11) is 0. The molecule has 2 aromatic carbocycles. The van der Waals surface area contributed by atoms with E-state index in [0.717, 1.165) is 47.4 Å². The number of amides is 4. The van der Waals surface area contributed by atoms with Crippen molar-refractivity contribution < 1.29 is 14.4 Å². The molecule has 0 bridgehead atoms. The summed E-state index contributed by atoms with van der Waals surface area (Å²) in [5.74, 6) is -0.637. The zero-order valence-corrected chi connectivity index (χ0v) is 17.5. The largest absolute Gasteiger partial charge is 0.325 e. The normalized spacial score (nSPS) is 20.9. The van der Waals surface area contributed by atoms with Gasteiger partial charge in [-0.2, -0.15) is 0 Å². The first-order chi connectivity index (χ1) is 14.4. The van der Waals surface area contributed by atoms with E-state index in [1.807, 2.05) is 48.5 Å². The SMILES string of the molecule is CCCc1ccc([C@@]2(C)NC(=O)N(CC(=O)N3CCCc4ccccc43)C2=O)cc1. The minimum absolute atomic E-state index is 0.242. The molecule has 0 saturated carbocycles. The summed E-state index contributed by atoms with van der Waals surface area (Å²) in [5.41, 5.74) is 2.74. The second-order valence-corrected chi connectivity index (χ2v) is 8.17. The second-order valence-electron chi connectivity index (χ2n) is 8.17. The fourth-order valence-corrected chi connectivity index (χ4v) is 4.34. The van der Waals surface area contributed by atoms with Crippen LogP contribution in [-0.2, 0) is 28.0 Å². The highest BCUT2D eigenvalue weighted by atomic mass is 16.2. The van der Waals surface area contributed by atoms with Gasteiger partial charge in [0.05, 0.1) is 0 Å². The number of carbonyl (C=O) groups is 3. The van der Waals surface area contributed by atoms with Crippen molar-refractivity contribution in [3.8, 4) is 0 Å². The van der Waals surface area contributed by atoms with Gasteiger partial charge in [-0.3, -0.25) is 14.5 Å². The zero-order chi connectivity index (χ0) is 21.3. The van der Waals surface area contributed by atoms with Crippen LogP contribution >= 0.6 is 0 Å². The van der Waals surface area contributed by atoms with Crippen LogP contribution in [0, 0.1) is 0 Å². The number of aryl methyl sites for hydroxylation is 2. The van der Waals surface area contributed by atoms with Gasteiger partial charge in [0.15, 0.2) is 0 Å². The molecule has 6 nitrogen and oxygen atoms in total. The Hall–Kier alpha value is -3.15. The van der Waals surface area contributed by atoms with Crippen molar-refractivity contribution in [1.29, 1.82) is 0 Å². The average molecular weight is 405 g/mol. The highest BCUT2D eigenvalue weighted by molar-refractivity contribution is 6.10. The number of para-hydroxylation sites is 1. The molecule has 1 fully saturated rings. The minimum Gasteiger partial charge on any atom is -0.319 e. The molecule has 2 aromatic rings. The molecule has 4 rings (SSSR count). The third-order valence-electron chi connectivity index (χ3n) is 6.05. The lowest BCUT2D eigenvalue weighted by Gasteiger charge is -2.30. The Morgan fingerprint density at radius 1 is 1.10 bits per heavy atom. The number of hydrogen-bond donors (Lipinski definition) is 1. The fourth-order valence-electron chi connectivity index (χ4n) is 4.34. The molecule has 0 radical (unpaired) electrons. The van der Waals surface area contributed by atoms with Gasteiger partial charge in [0.2, 0.25) is 5.91 Å². The maximum atomic E-state index is 13.2. The van der Waals surface area contributed by atoms with Crippen molar-refractivity contribution in [2.24, 2.45) is 0 Å². The van der Waals surface area contributed by atoms with E-state index in [4.69, 9.17) is 0 Å². The Bertz CT molecular complexity index is 985. The van der Waals surface area contributed by atoms with Crippen LogP contribution in [0.3, 0.4) is 0 Å². The van der Waals surface area contributed by atoms with E-state index in [-0.39, 0.29) is 12.5 Å². The average Bonchev–Trinajstić information content (AvgIpc) is 2.98. The van der Waals surface area contributed by atoms with Crippen LogP contribution in [0.15, 0.2) is 48.5 Å². The Morgan fingerprint density at radius 3 is 2.57 bits per heavy atom. The molecule has 30 heavy (non-hydrogen) atoms. The van der Waals surface area contributed by atoms with Gasteiger partial charge in [0, 0.05) is 12.2 Å². The van der Waals surface area contributed by atoms with Crippen molar-refractivity contribution >= 4 is 23.5 Å². The molecule has 6 heteroatoms. The van der Waals surface area contributed by atoms with Crippen molar-refractivity contribution in [3.05, 3.63) is 65.2 Å². The van der Waals surface area contributed by atoms with Crippen molar-refractivity contribution in [3.63, 3.8) is 0 Å². The molecule has 0 aliphatic carbocycles. The molecule has 4 amide bonds. The van der Waals surface area contributed by atoms with E-state index in [0.29, 0.717) is 6.54 Å². The lowest BCUT2D eigenvalue weighted by molar-refractivity contribution is -0.134. The zero-order valence-electron chi connectivity index (χ0n) is 17.5. The maximum absolute atomic E-state index is 13.2. The van der Waals surface area contributed by atoms with Gasteiger partial charge in [0.1, 0.15) is 12.1 Å². The topological polar surface area (TPSA) is 69.7 Å². The first-order valence-corrected chi connectivity index (χ1v) is 10.6. The third kappa shape index (κ3) is 3.47. The van der Waals surface area contributed by atoms with E-state index in [9.17, 15) is 14.4 Å². The molecule has 1 atom stereocenters. The second kappa shape index (κ2) is 7.94. The Morgan fingerprint density at radius 2 is 1.83 bits per heavy atom. The molecular formula is C24H27N3O3. The number of nitrogens with one attached hydrogen (secondary N) is 1. The summed E-state index contributed by atoms with van der Waals surface area (Å²) >= 11 is 0. The smallest absolute Gasteiger partial charge is 0.319 e. The van der Waals surface area contributed by atoms with Crippen LogP contribution in [0.2, 0.25) is 0 Å². The van der Waals surface area contributed by atoms with Crippen LogP contribution in [0.4, 0.5) is 10.5 Å². The third-order valence-corrected chi connectivity index (χ3v) is 6.05. The first kappa shape index (κ1) is 20.1. The van der Waals surface area contributed by atoms with Gasteiger partial charge in [-0.1, -0.05) is 55.8 Å². The molecule has 0 spiro atoms. The lowest BCUT2D eigenvalue weighted by Crippen LogP contribution is -2.46. The number of rotatable bonds is 5. The first-order valence-electron chi connectivity index (χ1n) is 10.6. The Kier molecular flexibility index (Phi) is 5.33. The summed E-state index contributed by atoms with van der Waals surface area (Å²) in [6.07, 6.45) is 3.80. The number of nitrogens with zero attached hydrogens (tertiary/aromatic N) is 2. The van der Waals surface area contributed by atoms with Gasteiger partial charge in [0.25, 0.3) is 5.91 Å². The van der Waals surface area contributed by atoms with Gasteiger partial charge in [-0.25, -0.2) is 4.79 Å². The van der Waals surface area contributed by atoms with Crippen LogP contribution < -0.4 is 10.2 Å². The molecule has 0 unspecified atom stereocenters. The molecule has 2 aliphatic heterocycles. The van der Waals surface area contributed by atoms with Gasteiger partial charge in [-0.15, -0.1) is 0 Å². The van der Waals surface area contributed by atoms with Crippen molar-refractivity contribution in [2.45, 2.75) is 45.1 Å². The molecule has 2 aliphatic rings. The quantitative estimate of drug-likeness (QED) is 0.776. The highest BCUT2D eigenvalue weighted by Crippen LogP contribution is 2.31. The number of imide groups is 1. The Balaban J connectivity index is 1.53. The monoisotopic (exact) mass is 405 g/mol. The predicted molar refractivity (Wildman–Crippen MR) is 115 cm³/mol. The van der Waals surface area contributed by atoms with Crippen LogP contribution in [0.25, 0.3) is 0 Å². The molecule has 0 aromatic heterocycles. The minimum atomic E-state index is -1.16. The van der Waals surface area contributed by atoms with Gasteiger partial charge >= 0.3 is 6.03 Å². The van der Waals surface area contributed by atoms with Crippen molar-refractivity contribution in [2.75, 3.05) is 18.0 Å². The Labute approximate surface area is 176 Å². The highest BCUT2D eigenvalue weighted by Gasteiger charge is 2.49. The summed E-state index contributed by atoms with van der Waals surface area (Å²) in [6.45, 7) is 4.15. The molecule has 2 heterocycles. The van der Waals surface area contributed by atoms with E-state index < -0.39 is 17.5 Å². The van der Waals surface area contributed by atoms with E-state index in [1.165, 1.54) is 5.56 Å². The van der Waals surface area contributed by atoms with E-state index in [2.05, 4.69) is 12.2 Å². The number of fused-ring (bicyclic) bond motifs is 1. The number of benzene rings is 2. The van der Waals surface area contributed by atoms with Gasteiger partial charge < -0.3 is 10.2 Å². The predicted octanol–water partition coefficient (Wildman–Crippen LogP) is 3.39. The van der Waals surface area contributed by atoms with E-state index in [1.54, 1.807) is 11.8 Å². The molecule has 1 saturated heterocycles. The number of hydrogen-bond acceptors (Lipinski definition) is 3. The standard InChI is InChI=1S/C24H27N3O3/c1-3-7-17-11-13-19(14-12-17)24(2)22(29)27(23(30)25-24)16-21(28)26-15-6-9-18-8-4-5-10-20(18)26/h4-5,8,10-14H,3,6-7,9,15-16H2,1-2H3,(H,25,30)/t24-/m1/s1. The summed E-state index contributed by atoms with van der Waals surface area (Å²) in [4.78, 5) is 41.6. The molecule has 156 valence electrons. The van der Waals surface area contributed by atoms with Gasteiger partial charge in [-0.05, 0) is 48.9 Å². The van der Waals surface area contributed by atoms with Crippen molar-refractivity contribution in [1.82, 2.24) is 10.2 Å². The lowest BCUT2D eigenvalue weighted by atomic mass is 9.91. The summed E-state index contributed by atoms with van der Waals surface area (Å²) in [5, 5.41) is 2.79. The fraction of sp³-hybridized carbons (Fsp3) is 0.375. The van der Waals surface area contributed by atoms with Crippen LogP contribution in [-0.4, -0.2) is 35.8 Å². The maximum Gasteiger partial charge on any atom is 0.325 e. The van der Waals surface area contributed by atoms with Crippen LogP contribution in [0.5, 0.6) is 0 Å². The number of urea groups is 1. The summed E-state index contributed by atoms with van der Waals surface area (Å²) < 4.78 is 0. The van der Waals surface area contributed by atoms with E-state index >= 15 is 0 Å². The molecular weight excluding hydrogens is 378 g/mol. The number of anilines is 1. The van der Waals surface area contributed by atoms with Crippen LogP contribution in [0.1, 0.15) is 43.4 Å².